The van der Waals surface area contributed by atoms with E-state index in [9.17, 15) is 0 Å². The summed E-state index contributed by atoms with van der Waals surface area (Å²) in [5, 5.41) is 8.47. The summed E-state index contributed by atoms with van der Waals surface area (Å²) < 4.78 is 0. The molecule has 0 aliphatic heterocycles. The largest absolute Gasteiger partial charge is 0.247 e. The summed E-state index contributed by atoms with van der Waals surface area (Å²) in [7, 11) is 0. The second-order valence-electron chi connectivity index (χ2n) is 11.4. The number of para-hydroxylation sites is 1. The molecule has 0 bridgehead atoms. The predicted molar refractivity (Wildman–Crippen MR) is 189 cm³/mol. The molecule has 0 N–H and O–H groups in total. The van der Waals surface area contributed by atoms with Crippen molar-refractivity contribution in [3.8, 4) is 45.4 Å². The lowest BCUT2D eigenvalue weighted by molar-refractivity contribution is 1.07. The van der Waals surface area contributed by atoms with Gasteiger partial charge in [0.15, 0.2) is 17.5 Å². The molecule has 214 valence electrons. The molecule has 9 aromatic rings. The number of pyridine rings is 1. The summed E-state index contributed by atoms with van der Waals surface area (Å²) >= 11 is 0. The van der Waals surface area contributed by atoms with Crippen LogP contribution < -0.4 is 0 Å². The lowest BCUT2D eigenvalue weighted by Crippen LogP contribution is -2.00. The van der Waals surface area contributed by atoms with Crippen LogP contribution in [-0.4, -0.2) is 19.9 Å². The highest BCUT2D eigenvalue weighted by Gasteiger charge is 2.18. The Morgan fingerprint density at radius 1 is 0.261 bits per heavy atom. The summed E-state index contributed by atoms with van der Waals surface area (Å²) in [6.07, 6.45) is 0. The molecule has 2 heterocycles. The number of fused-ring (bicyclic) bond motifs is 8. The van der Waals surface area contributed by atoms with Gasteiger partial charge in [-0.3, -0.25) is 0 Å². The van der Waals surface area contributed by atoms with Gasteiger partial charge in [-0.15, -0.1) is 0 Å². The first-order valence-corrected chi connectivity index (χ1v) is 15.4. The molecule has 0 saturated carbocycles. The molecule has 0 atom stereocenters. The van der Waals surface area contributed by atoms with Gasteiger partial charge in [0.25, 0.3) is 0 Å². The van der Waals surface area contributed by atoms with Crippen molar-refractivity contribution in [2.24, 2.45) is 0 Å². The fraction of sp³-hybridized carbons (Fsp3) is 0. The molecule has 0 aliphatic carbocycles. The fourth-order valence-corrected chi connectivity index (χ4v) is 6.55. The lowest BCUT2D eigenvalue weighted by Gasteiger charge is -2.16. The van der Waals surface area contributed by atoms with E-state index in [0.29, 0.717) is 17.5 Å². The van der Waals surface area contributed by atoms with E-state index in [4.69, 9.17) is 19.9 Å². The zero-order valence-corrected chi connectivity index (χ0v) is 24.8. The average molecular weight is 587 g/mol. The standard InChI is InChI=1S/C42H26N4/c1-3-13-28(14-4-1)40-44-41(29-15-5-2-6-16-29)46-42(45-40)30-25-23-27(24-26-30)39-38-34-20-10-8-18-32(34)31-17-7-9-19-33(31)37(38)35-21-11-12-22-36(35)43-39/h1-26H. The highest BCUT2D eigenvalue weighted by atomic mass is 15.0. The van der Waals surface area contributed by atoms with Crippen LogP contribution in [0.3, 0.4) is 0 Å². The summed E-state index contributed by atoms with van der Waals surface area (Å²) in [5.74, 6) is 1.93. The number of aromatic nitrogens is 4. The Bertz CT molecular complexity index is 2500. The minimum absolute atomic E-state index is 0.632. The molecule has 0 spiro atoms. The van der Waals surface area contributed by atoms with Crippen LogP contribution in [-0.2, 0) is 0 Å². The second kappa shape index (κ2) is 10.7. The topological polar surface area (TPSA) is 51.6 Å². The van der Waals surface area contributed by atoms with E-state index in [1.165, 1.54) is 32.3 Å². The molecule has 9 rings (SSSR count). The average Bonchev–Trinajstić information content (AvgIpc) is 3.15. The Kier molecular flexibility index (Phi) is 6.10. The zero-order valence-electron chi connectivity index (χ0n) is 24.8. The van der Waals surface area contributed by atoms with Crippen LogP contribution in [0.2, 0.25) is 0 Å². The van der Waals surface area contributed by atoms with Gasteiger partial charge in [-0.25, -0.2) is 19.9 Å². The third-order valence-electron chi connectivity index (χ3n) is 8.69. The maximum atomic E-state index is 5.30. The van der Waals surface area contributed by atoms with E-state index >= 15 is 0 Å². The highest BCUT2D eigenvalue weighted by molar-refractivity contribution is 6.33. The van der Waals surface area contributed by atoms with Gasteiger partial charge in [-0.05, 0) is 27.6 Å². The van der Waals surface area contributed by atoms with E-state index in [1.54, 1.807) is 0 Å². The van der Waals surface area contributed by atoms with Gasteiger partial charge in [-0.1, -0.05) is 152 Å². The minimum atomic E-state index is 0.632. The summed E-state index contributed by atoms with van der Waals surface area (Å²) in [4.78, 5) is 20.0. The zero-order chi connectivity index (χ0) is 30.5. The number of rotatable bonds is 4. The second-order valence-corrected chi connectivity index (χ2v) is 11.4. The van der Waals surface area contributed by atoms with Crippen molar-refractivity contribution in [1.29, 1.82) is 0 Å². The number of hydrogen-bond donors (Lipinski definition) is 0. The minimum Gasteiger partial charge on any atom is -0.247 e. The van der Waals surface area contributed by atoms with Crippen LogP contribution in [0.15, 0.2) is 158 Å². The first-order chi connectivity index (χ1) is 22.8. The van der Waals surface area contributed by atoms with Crippen molar-refractivity contribution in [3.05, 3.63) is 158 Å². The van der Waals surface area contributed by atoms with Crippen molar-refractivity contribution in [1.82, 2.24) is 19.9 Å². The van der Waals surface area contributed by atoms with Crippen molar-refractivity contribution in [2.45, 2.75) is 0 Å². The Balaban J connectivity index is 1.26. The fourth-order valence-electron chi connectivity index (χ4n) is 6.55. The van der Waals surface area contributed by atoms with E-state index in [-0.39, 0.29) is 0 Å². The first kappa shape index (κ1) is 26.2. The van der Waals surface area contributed by atoms with Gasteiger partial charge >= 0.3 is 0 Å². The van der Waals surface area contributed by atoms with Crippen LogP contribution in [0.1, 0.15) is 0 Å². The molecule has 2 aromatic heterocycles. The van der Waals surface area contributed by atoms with Crippen LogP contribution in [0, 0.1) is 0 Å². The van der Waals surface area contributed by atoms with Crippen LogP contribution in [0.25, 0.3) is 88.6 Å². The van der Waals surface area contributed by atoms with E-state index in [2.05, 4.69) is 97.1 Å². The third-order valence-corrected chi connectivity index (χ3v) is 8.69. The normalized spacial score (nSPS) is 11.5. The molecule has 46 heavy (non-hydrogen) atoms. The predicted octanol–water partition coefficient (Wildman–Crippen LogP) is 10.5. The molecule has 0 aliphatic rings. The smallest absolute Gasteiger partial charge is 0.164 e. The maximum Gasteiger partial charge on any atom is 0.164 e. The van der Waals surface area contributed by atoms with Crippen molar-refractivity contribution < 1.29 is 0 Å². The molecule has 0 amide bonds. The Hall–Kier alpha value is -6.26. The Morgan fingerprint density at radius 3 is 1.20 bits per heavy atom. The molecule has 4 heteroatoms. The Labute approximate surface area is 265 Å². The monoisotopic (exact) mass is 586 g/mol. The molecule has 7 aromatic carbocycles. The van der Waals surface area contributed by atoms with Gasteiger partial charge in [0.05, 0.1) is 11.2 Å². The molecule has 0 fully saturated rings. The maximum absolute atomic E-state index is 5.30. The SMILES string of the molecule is c1ccc(-c2nc(-c3ccccc3)nc(-c3ccc(-c4nc5ccccc5c5c6ccccc6c6ccccc6c45)cc3)n2)cc1. The van der Waals surface area contributed by atoms with Crippen LogP contribution >= 0.6 is 0 Å². The molecule has 4 nitrogen and oxygen atoms in total. The molecular formula is C42H26N4. The quantitative estimate of drug-likeness (QED) is 0.193. The summed E-state index contributed by atoms with van der Waals surface area (Å²) in [6, 6.07) is 54.5. The third kappa shape index (κ3) is 4.31. The number of benzene rings is 7. The molecule has 0 unspecified atom stereocenters. The van der Waals surface area contributed by atoms with Crippen LogP contribution in [0.4, 0.5) is 0 Å². The summed E-state index contributed by atoms with van der Waals surface area (Å²) in [6.45, 7) is 0. The van der Waals surface area contributed by atoms with Crippen molar-refractivity contribution in [3.63, 3.8) is 0 Å². The number of hydrogen-bond acceptors (Lipinski definition) is 4. The van der Waals surface area contributed by atoms with Gasteiger partial charge in [0, 0.05) is 38.4 Å². The van der Waals surface area contributed by atoms with E-state index in [0.717, 1.165) is 38.9 Å². The van der Waals surface area contributed by atoms with E-state index in [1.807, 2.05) is 60.7 Å². The van der Waals surface area contributed by atoms with Gasteiger partial charge in [0.2, 0.25) is 0 Å². The molecular weight excluding hydrogens is 560 g/mol. The number of nitrogens with zero attached hydrogens (tertiary/aromatic N) is 4. The lowest BCUT2D eigenvalue weighted by atomic mass is 9.90. The molecule has 0 saturated heterocycles. The summed E-state index contributed by atoms with van der Waals surface area (Å²) in [5.41, 5.74) is 5.80. The first-order valence-electron chi connectivity index (χ1n) is 15.4. The van der Waals surface area contributed by atoms with Gasteiger partial charge in [0.1, 0.15) is 0 Å². The Morgan fingerprint density at radius 2 is 0.652 bits per heavy atom. The van der Waals surface area contributed by atoms with E-state index < -0.39 is 0 Å². The van der Waals surface area contributed by atoms with Crippen molar-refractivity contribution in [2.75, 3.05) is 0 Å². The highest BCUT2D eigenvalue weighted by Crippen LogP contribution is 2.42. The van der Waals surface area contributed by atoms with Gasteiger partial charge < -0.3 is 0 Å². The molecule has 0 radical (unpaired) electrons. The van der Waals surface area contributed by atoms with Crippen molar-refractivity contribution >= 4 is 43.2 Å². The van der Waals surface area contributed by atoms with Gasteiger partial charge in [-0.2, -0.15) is 0 Å². The van der Waals surface area contributed by atoms with Crippen LogP contribution in [0.5, 0.6) is 0 Å².